The van der Waals surface area contributed by atoms with Gasteiger partial charge in [-0.2, -0.15) is 0 Å². The smallest absolute Gasteiger partial charge is 0.345 e. The molecule has 0 unspecified atom stereocenters. The first-order valence-electron chi connectivity index (χ1n) is 9.22. The van der Waals surface area contributed by atoms with E-state index in [0.717, 1.165) is 5.01 Å². The maximum absolute atomic E-state index is 12.9. The first-order chi connectivity index (χ1) is 15.3. The van der Waals surface area contributed by atoms with Crippen molar-refractivity contribution in [3.8, 4) is 5.75 Å². The Balaban J connectivity index is 1.66. The molecule has 0 saturated carbocycles. The number of amides is 2. The highest BCUT2D eigenvalue weighted by Gasteiger charge is 2.34. The summed E-state index contributed by atoms with van der Waals surface area (Å²) in [6.07, 6.45) is 1.37. The second-order valence-corrected chi connectivity index (χ2v) is 8.43. The molecule has 4 rings (SSSR count). The lowest BCUT2D eigenvalue weighted by atomic mass is 10.1. The Labute approximate surface area is 201 Å². The van der Waals surface area contributed by atoms with Crippen molar-refractivity contribution in [2.24, 2.45) is 0 Å². The molecule has 32 heavy (non-hydrogen) atoms. The highest BCUT2D eigenvalue weighted by Crippen LogP contribution is 2.30. The molecule has 1 saturated heterocycles. The molecule has 0 bridgehead atoms. The van der Waals surface area contributed by atoms with Crippen molar-refractivity contribution in [3.05, 3.63) is 97.9 Å². The Morgan fingerprint density at radius 2 is 1.75 bits per heavy atom. The molecule has 0 spiro atoms. The summed E-state index contributed by atoms with van der Waals surface area (Å²) >= 11 is 15.3. The van der Waals surface area contributed by atoms with Gasteiger partial charge in [0.25, 0.3) is 11.8 Å². The van der Waals surface area contributed by atoms with Crippen molar-refractivity contribution in [2.75, 3.05) is 5.01 Å². The molecule has 0 aliphatic carbocycles. The van der Waals surface area contributed by atoms with Gasteiger partial charge in [0.2, 0.25) is 0 Å². The third kappa shape index (κ3) is 4.55. The van der Waals surface area contributed by atoms with Gasteiger partial charge in [-0.3, -0.25) is 15.0 Å². The van der Waals surface area contributed by atoms with E-state index in [1.165, 1.54) is 24.3 Å². The summed E-state index contributed by atoms with van der Waals surface area (Å²) in [5.74, 6) is -1.66. The molecule has 0 aromatic heterocycles. The molecule has 1 N–H and O–H groups in total. The van der Waals surface area contributed by atoms with Gasteiger partial charge < -0.3 is 4.74 Å². The Morgan fingerprint density at radius 3 is 2.47 bits per heavy atom. The van der Waals surface area contributed by atoms with Gasteiger partial charge in [0.05, 0.1) is 16.3 Å². The number of rotatable bonds is 4. The average Bonchev–Trinajstić information content (AvgIpc) is 3.04. The molecule has 1 heterocycles. The van der Waals surface area contributed by atoms with Gasteiger partial charge in [-0.1, -0.05) is 57.3 Å². The van der Waals surface area contributed by atoms with E-state index in [1.807, 2.05) is 0 Å². The van der Waals surface area contributed by atoms with Crippen molar-refractivity contribution in [1.29, 1.82) is 0 Å². The van der Waals surface area contributed by atoms with Crippen molar-refractivity contribution in [1.82, 2.24) is 5.43 Å². The number of halogens is 3. The lowest BCUT2D eigenvalue weighted by Gasteiger charge is -2.14. The molecule has 3 aromatic carbocycles. The summed E-state index contributed by atoms with van der Waals surface area (Å²) in [5, 5.41) is 1.68. The van der Waals surface area contributed by atoms with Crippen LogP contribution in [0.1, 0.15) is 15.9 Å². The van der Waals surface area contributed by atoms with Crippen LogP contribution in [0.4, 0.5) is 5.69 Å². The minimum atomic E-state index is -0.707. The van der Waals surface area contributed by atoms with E-state index >= 15 is 0 Å². The number of anilines is 1. The number of carbonyl (C=O) groups is 3. The summed E-state index contributed by atoms with van der Waals surface area (Å²) < 4.78 is 6.18. The third-order valence-corrected chi connectivity index (χ3v) is 5.57. The fraction of sp³-hybridized carbons (Fsp3) is 0. The number of nitrogens with one attached hydrogen (secondary N) is 1. The number of hydrogen-bond acceptors (Lipinski definition) is 4. The Hall–Kier alpha value is -3.13. The fourth-order valence-electron chi connectivity index (χ4n) is 3.01. The van der Waals surface area contributed by atoms with Crippen LogP contribution < -0.4 is 15.2 Å². The van der Waals surface area contributed by atoms with Gasteiger partial charge >= 0.3 is 5.97 Å². The molecule has 160 valence electrons. The van der Waals surface area contributed by atoms with Gasteiger partial charge in [-0.15, -0.1) is 0 Å². The molecule has 2 amide bonds. The fourth-order valence-corrected chi connectivity index (χ4v) is 3.87. The van der Waals surface area contributed by atoms with Gasteiger partial charge in [0, 0.05) is 15.1 Å². The normalized spacial score (nSPS) is 14.6. The van der Waals surface area contributed by atoms with Gasteiger partial charge in [0.1, 0.15) is 11.3 Å². The molecule has 3 aromatic rings. The number of para-hydroxylation sites is 1. The monoisotopic (exact) mass is 530 g/mol. The number of hydrogen-bond donors (Lipinski definition) is 1. The SMILES string of the molecule is O=C1NN(c2ccccc2)C(=O)/C1=C/c1cc(Br)ccc1OC(=O)c1ccc(Cl)cc1Cl. The summed E-state index contributed by atoms with van der Waals surface area (Å²) in [6.45, 7) is 0. The lowest BCUT2D eigenvalue weighted by Crippen LogP contribution is -2.35. The minimum Gasteiger partial charge on any atom is -0.422 e. The van der Waals surface area contributed by atoms with Crippen LogP contribution in [0.2, 0.25) is 10.0 Å². The summed E-state index contributed by atoms with van der Waals surface area (Å²) in [4.78, 5) is 38.0. The lowest BCUT2D eigenvalue weighted by molar-refractivity contribution is -0.117. The third-order valence-electron chi connectivity index (χ3n) is 4.53. The van der Waals surface area contributed by atoms with E-state index in [-0.39, 0.29) is 21.9 Å². The highest BCUT2D eigenvalue weighted by molar-refractivity contribution is 9.10. The molecule has 1 fully saturated rings. The van der Waals surface area contributed by atoms with Crippen molar-refractivity contribution >= 4 is 68.7 Å². The quantitative estimate of drug-likeness (QED) is 0.210. The number of nitrogens with zero attached hydrogens (tertiary/aromatic N) is 1. The van der Waals surface area contributed by atoms with Crippen LogP contribution >= 0.6 is 39.1 Å². The summed E-state index contributed by atoms with van der Waals surface area (Å²) in [6, 6.07) is 18.0. The number of esters is 1. The first-order valence-corrected chi connectivity index (χ1v) is 10.8. The molecule has 0 radical (unpaired) electrons. The number of benzene rings is 3. The zero-order valence-corrected chi connectivity index (χ0v) is 19.2. The van der Waals surface area contributed by atoms with Crippen LogP contribution in [0, 0.1) is 0 Å². The molecule has 1 aliphatic rings. The van der Waals surface area contributed by atoms with Crippen molar-refractivity contribution in [3.63, 3.8) is 0 Å². The second kappa shape index (κ2) is 9.16. The molecule has 6 nitrogen and oxygen atoms in total. The molecule has 0 atom stereocenters. The van der Waals surface area contributed by atoms with Crippen molar-refractivity contribution in [2.45, 2.75) is 0 Å². The topological polar surface area (TPSA) is 75.7 Å². The van der Waals surface area contributed by atoms with E-state index in [4.69, 9.17) is 27.9 Å². The number of carbonyl (C=O) groups excluding carboxylic acids is 3. The van der Waals surface area contributed by atoms with E-state index in [9.17, 15) is 14.4 Å². The zero-order chi connectivity index (χ0) is 22.8. The van der Waals surface area contributed by atoms with E-state index < -0.39 is 17.8 Å². The minimum absolute atomic E-state index is 0.103. The average molecular weight is 532 g/mol. The number of ether oxygens (including phenoxy) is 1. The van der Waals surface area contributed by atoms with Crippen LogP contribution in [-0.2, 0) is 9.59 Å². The first kappa shape index (κ1) is 22.1. The maximum atomic E-state index is 12.9. The summed E-state index contributed by atoms with van der Waals surface area (Å²) in [7, 11) is 0. The molecular formula is C23H13BrCl2N2O4. The largest absolute Gasteiger partial charge is 0.422 e. The van der Waals surface area contributed by atoms with Gasteiger partial charge in [-0.25, -0.2) is 9.80 Å². The van der Waals surface area contributed by atoms with Crippen LogP contribution in [0.25, 0.3) is 6.08 Å². The van der Waals surface area contributed by atoms with Crippen LogP contribution in [0.3, 0.4) is 0 Å². The van der Waals surface area contributed by atoms with E-state index in [0.29, 0.717) is 20.7 Å². The van der Waals surface area contributed by atoms with Crippen LogP contribution in [0.15, 0.2) is 76.8 Å². The zero-order valence-electron chi connectivity index (χ0n) is 16.1. The molecule has 1 aliphatic heterocycles. The van der Waals surface area contributed by atoms with Crippen LogP contribution in [-0.4, -0.2) is 17.8 Å². The van der Waals surface area contributed by atoms with Gasteiger partial charge in [0.15, 0.2) is 0 Å². The van der Waals surface area contributed by atoms with Crippen LogP contribution in [0.5, 0.6) is 5.75 Å². The molecule has 9 heteroatoms. The predicted molar refractivity (Wildman–Crippen MR) is 126 cm³/mol. The molecular weight excluding hydrogens is 519 g/mol. The predicted octanol–water partition coefficient (Wildman–Crippen LogP) is 5.44. The standard InChI is InChI=1S/C23H13BrCl2N2O4/c24-14-6-9-20(32-23(31)17-8-7-15(25)12-19(17)26)13(10-14)11-18-21(29)27-28(22(18)30)16-4-2-1-3-5-16/h1-12H,(H,27,29)/b18-11+. The number of hydrazine groups is 1. The highest BCUT2D eigenvalue weighted by atomic mass is 79.9. The summed E-state index contributed by atoms with van der Waals surface area (Å²) in [5.41, 5.74) is 3.43. The van der Waals surface area contributed by atoms with E-state index in [2.05, 4.69) is 21.4 Å². The Morgan fingerprint density at radius 1 is 1.00 bits per heavy atom. The van der Waals surface area contributed by atoms with Crippen molar-refractivity contribution < 1.29 is 19.1 Å². The Bertz CT molecular complexity index is 1280. The Kier molecular flexibility index (Phi) is 6.32. The maximum Gasteiger partial charge on any atom is 0.345 e. The van der Waals surface area contributed by atoms with Gasteiger partial charge in [-0.05, 0) is 54.6 Å². The van der Waals surface area contributed by atoms with E-state index in [1.54, 1.807) is 48.5 Å². The second-order valence-electron chi connectivity index (χ2n) is 6.67.